The molecule has 3 atom stereocenters. The lowest BCUT2D eigenvalue weighted by atomic mass is 9.98. The lowest BCUT2D eigenvalue weighted by Gasteiger charge is -2.37. The monoisotopic (exact) mass is 644 g/mol. The number of hydrazine groups is 1. The van der Waals surface area contributed by atoms with E-state index in [0.29, 0.717) is 30.8 Å². The molecule has 11 nitrogen and oxygen atoms in total. The fourth-order valence-corrected chi connectivity index (χ4v) is 6.80. The van der Waals surface area contributed by atoms with Crippen LogP contribution in [0.1, 0.15) is 58.9 Å². The zero-order valence-corrected chi connectivity index (χ0v) is 27.6. The molecule has 2 amide bonds. The first-order valence-corrected chi connectivity index (χ1v) is 17.4. The molecule has 12 heteroatoms. The Morgan fingerprint density at radius 2 is 1.69 bits per heavy atom. The van der Waals surface area contributed by atoms with Gasteiger partial charge in [0.05, 0.1) is 23.6 Å². The quantitative estimate of drug-likeness (QED) is 0.237. The van der Waals surface area contributed by atoms with Crippen molar-refractivity contribution in [2.75, 3.05) is 32.8 Å². The molecule has 1 aliphatic carbocycles. The van der Waals surface area contributed by atoms with Gasteiger partial charge in [-0.25, -0.2) is 13.4 Å². The second-order valence-electron chi connectivity index (χ2n) is 12.5. The third-order valence-corrected chi connectivity index (χ3v) is 9.86. The zero-order valence-electron chi connectivity index (χ0n) is 26.8. The van der Waals surface area contributed by atoms with Crippen LogP contribution >= 0.6 is 0 Å². The highest BCUT2D eigenvalue weighted by Crippen LogP contribution is 2.33. The van der Waals surface area contributed by atoms with Crippen molar-refractivity contribution < 1.29 is 32.6 Å². The van der Waals surface area contributed by atoms with Gasteiger partial charge < -0.3 is 19.9 Å². The largest absolute Gasteiger partial charge is 0.486 e. The van der Waals surface area contributed by atoms with E-state index in [0.717, 1.165) is 24.8 Å². The summed E-state index contributed by atoms with van der Waals surface area (Å²) in [4.78, 5) is 26.9. The van der Waals surface area contributed by atoms with Gasteiger partial charge in [-0.05, 0) is 48.8 Å². The van der Waals surface area contributed by atoms with Crippen molar-refractivity contribution in [3.63, 3.8) is 0 Å². The van der Waals surface area contributed by atoms with Gasteiger partial charge >= 0.3 is 0 Å². The van der Waals surface area contributed by atoms with E-state index in [-0.39, 0.29) is 55.1 Å². The fraction of sp³-hybridized carbons (Fsp3) is 0.576. The van der Waals surface area contributed by atoms with E-state index in [1.807, 2.05) is 58.0 Å². The highest BCUT2D eigenvalue weighted by Gasteiger charge is 2.37. The van der Waals surface area contributed by atoms with Gasteiger partial charge in [-0.1, -0.05) is 64.4 Å². The van der Waals surface area contributed by atoms with Crippen LogP contribution in [-0.4, -0.2) is 85.7 Å². The van der Waals surface area contributed by atoms with E-state index in [1.165, 1.54) is 21.4 Å². The first-order chi connectivity index (χ1) is 21.5. The number of nitrogens with one attached hydrogen (secondary N) is 2. The predicted octanol–water partition coefficient (Wildman–Crippen LogP) is 3.12. The number of hydrogen-bond donors (Lipinski definition) is 3. The molecular weight excluding hydrogens is 596 g/mol. The van der Waals surface area contributed by atoms with Gasteiger partial charge in [0, 0.05) is 31.6 Å². The lowest BCUT2D eigenvalue weighted by molar-refractivity contribution is -0.148. The van der Waals surface area contributed by atoms with E-state index in [2.05, 4.69) is 10.7 Å². The molecule has 3 N–H and O–H groups in total. The van der Waals surface area contributed by atoms with Crippen LogP contribution in [0, 0.1) is 11.8 Å². The zero-order chi connectivity index (χ0) is 32.6. The van der Waals surface area contributed by atoms with Crippen LogP contribution in [0.15, 0.2) is 53.4 Å². The Morgan fingerprint density at radius 1 is 1.00 bits per heavy atom. The standard InChI is InChI=1S/C33H48N4O7S/c1-5-24(4)17-33(40)37(35-32(39)20-34-26-11-12-26)28(18-25-9-7-6-8-10-25)29(38)22-36(21-23(2)3)45(41,42)27-13-14-30-31(19-27)44-16-15-43-30/h6-10,13-14,19,23-24,26,28-29,34,38H,5,11-12,15-18,20-22H2,1-4H3,(H,35,39)/t24-,28-,29+/m0/s1. The summed E-state index contributed by atoms with van der Waals surface area (Å²) in [5.41, 5.74) is 3.61. The molecule has 45 heavy (non-hydrogen) atoms. The fourth-order valence-electron chi connectivity index (χ4n) is 5.17. The molecular formula is C33H48N4O7S. The van der Waals surface area contributed by atoms with Gasteiger partial charge in [0.1, 0.15) is 13.2 Å². The van der Waals surface area contributed by atoms with Crippen LogP contribution in [-0.2, 0) is 26.0 Å². The van der Waals surface area contributed by atoms with Crippen molar-refractivity contribution in [1.29, 1.82) is 0 Å². The van der Waals surface area contributed by atoms with Gasteiger partial charge in [0.25, 0.3) is 5.91 Å². The molecule has 0 spiro atoms. The first kappa shape index (κ1) is 34.7. The maximum Gasteiger partial charge on any atom is 0.252 e. The Hall–Kier alpha value is -3.19. The van der Waals surface area contributed by atoms with Crippen LogP contribution in [0.5, 0.6) is 11.5 Å². The Kier molecular flexibility index (Phi) is 12.2. The molecule has 0 radical (unpaired) electrons. The summed E-state index contributed by atoms with van der Waals surface area (Å²) in [6.45, 7) is 8.30. The molecule has 1 saturated carbocycles. The summed E-state index contributed by atoms with van der Waals surface area (Å²) in [6, 6.07) is 13.2. The Bertz CT molecular complexity index is 1380. The van der Waals surface area contributed by atoms with Crippen LogP contribution < -0.4 is 20.2 Å². The molecule has 0 aromatic heterocycles. The smallest absolute Gasteiger partial charge is 0.252 e. The first-order valence-electron chi connectivity index (χ1n) is 15.9. The SMILES string of the molecule is CC[C@H](C)CC(=O)N(NC(=O)CNC1CC1)[C@@H](Cc1ccccc1)[C@H](O)CN(CC(C)C)S(=O)(=O)c1ccc2c(c1)OCCO2. The Labute approximate surface area is 267 Å². The summed E-state index contributed by atoms with van der Waals surface area (Å²) in [6.07, 6.45) is 1.79. The topological polar surface area (TPSA) is 138 Å². The molecule has 4 rings (SSSR count). The average Bonchev–Trinajstić information content (AvgIpc) is 3.86. The van der Waals surface area contributed by atoms with Gasteiger partial charge in [-0.15, -0.1) is 0 Å². The van der Waals surface area contributed by atoms with Gasteiger partial charge in [0.2, 0.25) is 15.9 Å². The van der Waals surface area contributed by atoms with E-state index in [4.69, 9.17) is 9.47 Å². The Morgan fingerprint density at radius 3 is 2.33 bits per heavy atom. The van der Waals surface area contributed by atoms with Crippen molar-refractivity contribution in [3.8, 4) is 11.5 Å². The Balaban J connectivity index is 1.66. The highest BCUT2D eigenvalue weighted by molar-refractivity contribution is 7.89. The molecule has 0 unspecified atom stereocenters. The number of amides is 2. The minimum Gasteiger partial charge on any atom is -0.486 e. The van der Waals surface area contributed by atoms with E-state index in [9.17, 15) is 23.1 Å². The number of hydrogen-bond acceptors (Lipinski definition) is 8. The van der Waals surface area contributed by atoms with Crippen LogP contribution in [0.4, 0.5) is 0 Å². The number of benzene rings is 2. The van der Waals surface area contributed by atoms with Crippen molar-refractivity contribution in [2.45, 2.75) is 82.9 Å². The average molecular weight is 645 g/mol. The number of aliphatic hydroxyl groups excluding tert-OH is 1. The maximum absolute atomic E-state index is 14.1. The molecule has 1 heterocycles. The number of ether oxygens (including phenoxy) is 2. The van der Waals surface area contributed by atoms with E-state index >= 15 is 0 Å². The number of rotatable bonds is 16. The molecule has 1 fully saturated rings. The van der Waals surface area contributed by atoms with Gasteiger partial charge in [0.15, 0.2) is 11.5 Å². The maximum atomic E-state index is 14.1. The van der Waals surface area contributed by atoms with Crippen molar-refractivity contribution >= 4 is 21.8 Å². The van der Waals surface area contributed by atoms with Crippen LogP contribution in [0.3, 0.4) is 0 Å². The molecule has 248 valence electrons. The molecule has 2 aromatic rings. The number of sulfonamides is 1. The molecule has 2 aliphatic rings. The van der Waals surface area contributed by atoms with E-state index < -0.39 is 28.1 Å². The summed E-state index contributed by atoms with van der Waals surface area (Å²) >= 11 is 0. The number of fused-ring (bicyclic) bond motifs is 1. The summed E-state index contributed by atoms with van der Waals surface area (Å²) < 4.78 is 40.6. The second-order valence-corrected chi connectivity index (χ2v) is 14.5. The van der Waals surface area contributed by atoms with E-state index in [1.54, 1.807) is 6.07 Å². The van der Waals surface area contributed by atoms with Gasteiger partial charge in [-0.2, -0.15) is 4.31 Å². The van der Waals surface area contributed by atoms with Crippen molar-refractivity contribution in [2.24, 2.45) is 11.8 Å². The minimum atomic E-state index is -4.10. The summed E-state index contributed by atoms with van der Waals surface area (Å²) in [5.74, 6) is 0.0681. The summed E-state index contributed by atoms with van der Waals surface area (Å²) in [7, 11) is -4.10. The van der Waals surface area contributed by atoms with Crippen LogP contribution in [0.2, 0.25) is 0 Å². The minimum absolute atomic E-state index is 0.0170. The van der Waals surface area contributed by atoms with Crippen molar-refractivity contribution in [1.82, 2.24) is 20.1 Å². The van der Waals surface area contributed by atoms with Gasteiger partial charge in [-0.3, -0.25) is 15.0 Å². The third kappa shape index (κ3) is 9.90. The summed E-state index contributed by atoms with van der Waals surface area (Å²) in [5, 5.41) is 16.3. The normalized spacial score (nSPS) is 16.7. The second kappa shape index (κ2) is 15.9. The number of carbonyl (C=O) groups is 2. The lowest BCUT2D eigenvalue weighted by Crippen LogP contribution is -2.60. The van der Waals surface area contributed by atoms with Crippen molar-refractivity contribution in [3.05, 3.63) is 54.1 Å². The number of carbonyl (C=O) groups excluding carboxylic acids is 2. The molecule has 0 saturated heterocycles. The van der Waals surface area contributed by atoms with Crippen LogP contribution in [0.25, 0.3) is 0 Å². The third-order valence-electron chi connectivity index (χ3n) is 8.04. The number of aliphatic hydroxyl groups is 1. The highest BCUT2D eigenvalue weighted by atomic mass is 32.2. The molecule has 2 aromatic carbocycles. The molecule has 1 aliphatic heterocycles. The number of nitrogens with zero attached hydrogens (tertiary/aromatic N) is 2. The molecule has 0 bridgehead atoms. The predicted molar refractivity (Wildman–Crippen MR) is 171 cm³/mol.